The Hall–Kier alpha value is -2.77. The van der Waals surface area contributed by atoms with E-state index in [1.54, 1.807) is 19.4 Å². The summed E-state index contributed by atoms with van der Waals surface area (Å²) in [6.07, 6.45) is 1.75. The van der Waals surface area contributed by atoms with Crippen LogP contribution < -0.4 is 15.0 Å². The number of pyridine rings is 1. The molecule has 0 saturated carbocycles. The maximum Gasteiger partial charge on any atom is 0.174 e. The van der Waals surface area contributed by atoms with Crippen molar-refractivity contribution in [3.05, 3.63) is 99.4 Å². The number of benzene rings is 2. The number of hydrogen-bond donors (Lipinski definition) is 1. The Balaban J connectivity index is 1.62. The summed E-state index contributed by atoms with van der Waals surface area (Å²) in [5, 5.41) is 5.30. The normalized spacial score (nSPS) is 17.6. The second-order valence-corrected chi connectivity index (χ2v) is 9.20. The lowest BCUT2D eigenvalue weighted by molar-refractivity contribution is 0.415. The summed E-state index contributed by atoms with van der Waals surface area (Å²) in [6, 6.07) is 19.9. The molecule has 4 aromatic rings. The van der Waals surface area contributed by atoms with Crippen LogP contribution >= 0.6 is 47.0 Å². The first-order chi connectivity index (χ1) is 16.5. The molecule has 9 heteroatoms. The number of aromatic nitrogens is 1. The third-order valence-corrected chi connectivity index (χ3v) is 7.08. The van der Waals surface area contributed by atoms with Crippen molar-refractivity contribution in [3.8, 4) is 17.1 Å². The SMILES string of the molecule is COc1ccc(N2C(=S)NC(c3ccccn3)C2c2ccc(-c3cccc(Cl)c3Cl)o2)cc1Cl. The molecular weight excluding hydrogens is 513 g/mol. The predicted molar refractivity (Wildman–Crippen MR) is 140 cm³/mol. The molecule has 1 aliphatic heterocycles. The highest BCUT2D eigenvalue weighted by molar-refractivity contribution is 7.80. The van der Waals surface area contributed by atoms with Crippen LogP contribution in [0.1, 0.15) is 23.5 Å². The Morgan fingerprint density at radius 1 is 1.00 bits per heavy atom. The number of methoxy groups -OCH3 is 1. The molecule has 0 bridgehead atoms. The molecule has 172 valence electrons. The molecule has 0 amide bonds. The number of rotatable bonds is 5. The molecule has 5 rings (SSSR count). The van der Waals surface area contributed by atoms with Crippen LogP contribution in [0.25, 0.3) is 11.3 Å². The van der Waals surface area contributed by atoms with Gasteiger partial charge in [0.15, 0.2) is 5.11 Å². The number of hydrogen-bond acceptors (Lipinski definition) is 4. The van der Waals surface area contributed by atoms with Gasteiger partial charge < -0.3 is 19.4 Å². The van der Waals surface area contributed by atoms with Gasteiger partial charge in [-0.15, -0.1) is 0 Å². The number of halogens is 3. The van der Waals surface area contributed by atoms with Crippen LogP contribution in [0.3, 0.4) is 0 Å². The van der Waals surface area contributed by atoms with Gasteiger partial charge in [-0.05, 0) is 66.8 Å². The summed E-state index contributed by atoms with van der Waals surface area (Å²) in [6.45, 7) is 0. The predicted octanol–water partition coefficient (Wildman–Crippen LogP) is 7.49. The van der Waals surface area contributed by atoms with Gasteiger partial charge in [-0.1, -0.05) is 46.9 Å². The summed E-state index contributed by atoms with van der Waals surface area (Å²) >= 11 is 24.9. The van der Waals surface area contributed by atoms with E-state index >= 15 is 0 Å². The second-order valence-electron chi connectivity index (χ2n) is 7.62. The van der Waals surface area contributed by atoms with Crippen LogP contribution in [0.2, 0.25) is 15.1 Å². The second kappa shape index (κ2) is 9.47. The highest BCUT2D eigenvalue weighted by atomic mass is 35.5. The van der Waals surface area contributed by atoms with Crippen molar-refractivity contribution in [2.75, 3.05) is 12.0 Å². The molecule has 0 spiro atoms. The lowest BCUT2D eigenvalue weighted by Gasteiger charge is -2.26. The third-order valence-electron chi connectivity index (χ3n) is 5.65. The zero-order valence-corrected chi connectivity index (χ0v) is 20.9. The minimum absolute atomic E-state index is 0.261. The van der Waals surface area contributed by atoms with Crippen molar-refractivity contribution in [1.82, 2.24) is 10.3 Å². The van der Waals surface area contributed by atoms with Crippen LogP contribution in [0.5, 0.6) is 5.75 Å². The fraction of sp³-hybridized carbons (Fsp3) is 0.120. The topological polar surface area (TPSA) is 50.5 Å². The van der Waals surface area contributed by atoms with Gasteiger partial charge in [0.25, 0.3) is 0 Å². The maximum absolute atomic E-state index is 6.44. The van der Waals surface area contributed by atoms with Crippen molar-refractivity contribution < 1.29 is 9.15 Å². The number of nitrogens with one attached hydrogen (secondary N) is 1. The maximum atomic E-state index is 6.44. The van der Waals surface area contributed by atoms with Crippen molar-refractivity contribution in [2.24, 2.45) is 0 Å². The molecule has 1 N–H and O–H groups in total. The van der Waals surface area contributed by atoms with E-state index in [-0.39, 0.29) is 12.1 Å². The van der Waals surface area contributed by atoms with Crippen molar-refractivity contribution in [2.45, 2.75) is 12.1 Å². The minimum atomic E-state index is -0.335. The van der Waals surface area contributed by atoms with Gasteiger partial charge in [0.05, 0.1) is 33.9 Å². The third kappa shape index (κ3) is 4.12. The fourth-order valence-corrected chi connectivity index (χ4v) is 5.07. The van der Waals surface area contributed by atoms with Crippen LogP contribution in [0, 0.1) is 0 Å². The summed E-state index contributed by atoms with van der Waals surface area (Å²) in [5.74, 6) is 1.87. The van der Waals surface area contributed by atoms with Crippen molar-refractivity contribution in [3.63, 3.8) is 0 Å². The Kier molecular flexibility index (Phi) is 6.40. The zero-order chi connectivity index (χ0) is 23.8. The Bertz CT molecular complexity index is 1360. The van der Waals surface area contributed by atoms with Gasteiger partial charge in [0.2, 0.25) is 0 Å². The van der Waals surface area contributed by atoms with Gasteiger partial charge in [0.1, 0.15) is 23.3 Å². The van der Waals surface area contributed by atoms with E-state index in [2.05, 4.69) is 10.3 Å². The van der Waals surface area contributed by atoms with Gasteiger partial charge >= 0.3 is 0 Å². The standard InChI is InChI=1S/C25H18Cl3N3O2S/c1-32-20-9-8-14(13-17(20)27)31-24(23(30-25(31)34)18-7-2-3-12-29-18)21-11-10-19(33-21)15-5-4-6-16(26)22(15)28/h2-13,23-24H,1H3,(H,30,34). The van der Waals surface area contributed by atoms with E-state index in [1.807, 2.05) is 65.6 Å². The number of ether oxygens (including phenoxy) is 1. The van der Waals surface area contributed by atoms with Gasteiger partial charge in [-0.25, -0.2) is 0 Å². The van der Waals surface area contributed by atoms with E-state index in [1.165, 1.54) is 0 Å². The van der Waals surface area contributed by atoms with Gasteiger partial charge in [0, 0.05) is 17.4 Å². The van der Waals surface area contributed by atoms with Gasteiger partial charge in [-0.2, -0.15) is 0 Å². The quantitative estimate of drug-likeness (QED) is 0.270. The smallest absolute Gasteiger partial charge is 0.174 e. The highest BCUT2D eigenvalue weighted by Crippen LogP contribution is 2.45. The lowest BCUT2D eigenvalue weighted by atomic mass is 10.0. The summed E-state index contributed by atoms with van der Waals surface area (Å²) < 4.78 is 11.7. The highest BCUT2D eigenvalue weighted by Gasteiger charge is 2.42. The molecule has 1 aliphatic rings. The minimum Gasteiger partial charge on any atom is -0.495 e. The van der Waals surface area contributed by atoms with Crippen LogP contribution in [0.15, 0.2) is 77.3 Å². The van der Waals surface area contributed by atoms with Gasteiger partial charge in [-0.3, -0.25) is 4.98 Å². The average Bonchev–Trinajstić information content (AvgIpc) is 3.46. The molecule has 2 aromatic heterocycles. The molecule has 2 atom stereocenters. The first-order valence-electron chi connectivity index (χ1n) is 10.4. The monoisotopic (exact) mass is 529 g/mol. The van der Waals surface area contributed by atoms with Crippen molar-refractivity contribution in [1.29, 1.82) is 0 Å². The summed E-state index contributed by atoms with van der Waals surface area (Å²) in [4.78, 5) is 6.53. The van der Waals surface area contributed by atoms with E-state index in [0.29, 0.717) is 43.0 Å². The van der Waals surface area contributed by atoms with Crippen LogP contribution in [-0.2, 0) is 0 Å². The molecule has 1 fully saturated rings. The molecule has 0 aliphatic carbocycles. The molecule has 0 radical (unpaired) electrons. The van der Waals surface area contributed by atoms with E-state index in [4.69, 9.17) is 56.2 Å². The van der Waals surface area contributed by atoms with E-state index in [0.717, 1.165) is 11.4 Å². The van der Waals surface area contributed by atoms with Crippen molar-refractivity contribution >= 4 is 57.8 Å². The Labute approximate surface area is 217 Å². The molecular formula is C25H18Cl3N3O2S. The zero-order valence-electron chi connectivity index (χ0n) is 17.8. The molecule has 1 saturated heterocycles. The Morgan fingerprint density at radius 3 is 2.59 bits per heavy atom. The first-order valence-corrected chi connectivity index (χ1v) is 11.9. The number of thiocarbonyl (C=S) groups is 1. The molecule has 34 heavy (non-hydrogen) atoms. The van der Waals surface area contributed by atoms with E-state index in [9.17, 15) is 0 Å². The van der Waals surface area contributed by atoms with Crippen LogP contribution in [0.4, 0.5) is 5.69 Å². The lowest BCUT2D eigenvalue weighted by Crippen LogP contribution is -2.29. The molecule has 5 nitrogen and oxygen atoms in total. The summed E-state index contributed by atoms with van der Waals surface area (Å²) in [5.41, 5.74) is 2.34. The summed E-state index contributed by atoms with van der Waals surface area (Å²) in [7, 11) is 1.58. The largest absolute Gasteiger partial charge is 0.495 e. The average molecular weight is 531 g/mol. The first kappa shape index (κ1) is 23.0. The van der Waals surface area contributed by atoms with E-state index < -0.39 is 0 Å². The number of anilines is 1. The fourth-order valence-electron chi connectivity index (χ4n) is 4.08. The molecule has 2 aromatic carbocycles. The van der Waals surface area contributed by atoms with Crippen LogP contribution in [-0.4, -0.2) is 17.2 Å². The number of nitrogens with zero attached hydrogens (tertiary/aromatic N) is 2. The Morgan fingerprint density at radius 2 is 1.85 bits per heavy atom. The number of furan rings is 1. The molecule has 2 unspecified atom stereocenters. The molecule has 3 heterocycles.